The summed E-state index contributed by atoms with van der Waals surface area (Å²) in [7, 11) is 1.76. The average Bonchev–Trinajstić information content (AvgIpc) is 1.67. The van der Waals surface area contributed by atoms with E-state index in [-0.39, 0.29) is 0 Å². The standard InChI is InChI=1S/C3H8NOPS2/c1-4-2-3(5)6(7)8/h3-5H,2H2,1H3. The van der Waals surface area contributed by atoms with Gasteiger partial charge in [-0.2, -0.15) is 0 Å². The van der Waals surface area contributed by atoms with E-state index in [4.69, 9.17) is 5.11 Å². The molecule has 0 fully saturated rings. The van der Waals surface area contributed by atoms with Gasteiger partial charge in [-0.25, -0.2) is 0 Å². The van der Waals surface area contributed by atoms with Gasteiger partial charge in [-0.15, -0.1) is 0 Å². The van der Waals surface area contributed by atoms with Crippen molar-refractivity contribution in [3.63, 3.8) is 0 Å². The van der Waals surface area contributed by atoms with Crippen molar-refractivity contribution in [1.82, 2.24) is 5.32 Å². The second-order valence-corrected chi connectivity index (χ2v) is 5.54. The van der Waals surface area contributed by atoms with E-state index in [1.54, 1.807) is 7.05 Å². The highest BCUT2D eigenvalue weighted by molar-refractivity contribution is 8.25. The second-order valence-electron chi connectivity index (χ2n) is 1.32. The van der Waals surface area contributed by atoms with Crippen LogP contribution in [0.25, 0.3) is 0 Å². The second kappa shape index (κ2) is 4.53. The minimum Gasteiger partial charge on any atom is -0.382 e. The lowest BCUT2D eigenvalue weighted by Gasteiger charge is -2.00. The fourth-order valence-corrected chi connectivity index (χ4v) is 1.04. The van der Waals surface area contributed by atoms with E-state index in [0.717, 1.165) is 0 Å². The van der Waals surface area contributed by atoms with Crippen molar-refractivity contribution < 1.29 is 5.11 Å². The van der Waals surface area contributed by atoms with Crippen molar-refractivity contribution in [3.8, 4) is 0 Å². The maximum Gasteiger partial charge on any atom is 0.123 e. The zero-order chi connectivity index (χ0) is 6.57. The third kappa shape index (κ3) is 3.64. The first kappa shape index (κ1) is 8.66. The van der Waals surface area contributed by atoms with Crippen LogP contribution in [-0.2, 0) is 23.6 Å². The fourth-order valence-electron chi connectivity index (χ4n) is 0.257. The average molecular weight is 169 g/mol. The molecule has 8 heavy (non-hydrogen) atoms. The summed E-state index contributed by atoms with van der Waals surface area (Å²) in [5, 5.41) is 11.7. The molecule has 2 N–H and O–H groups in total. The molecule has 1 atom stereocenters. The molecule has 0 saturated carbocycles. The predicted octanol–water partition coefficient (Wildman–Crippen LogP) is -0.0701. The van der Waals surface area contributed by atoms with Crippen LogP contribution in [0.15, 0.2) is 0 Å². The lowest BCUT2D eigenvalue weighted by molar-refractivity contribution is 0.260. The summed E-state index contributed by atoms with van der Waals surface area (Å²) < 4.78 is 0. The summed E-state index contributed by atoms with van der Waals surface area (Å²) in [4.78, 5) is 0. The first-order valence-corrected chi connectivity index (χ1v) is 5.58. The molecule has 1 unspecified atom stereocenters. The third-order valence-electron chi connectivity index (χ3n) is 0.630. The maximum absolute atomic E-state index is 8.88. The Morgan fingerprint density at radius 3 is 2.38 bits per heavy atom. The van der Waals surface area contributed by atoms with Crippen LogP contribution >= 0.6 is 5.47 Å². The Morgan fingerprint density at radius 1 is 1.75 bits per heavy atom. The zero-order valence-corrected chi connectivity index (χ0v) is 7.02. The van der Waals surface area contributed by atoms with Gasteiger partial charge in [-0.3, -0.25) is 0 Å². The zero-order valence-electron chi connectivity index (χ0n) is 4.50. The summed E-state index contributed by atoms with van der Waals surface area (Å²) in [5.74, 6) is -0.500. The Kier molecular flexibility index (Phi) is 4.90. The number of rotatable bonds is 3. The monoisotopic (exact) mass is 169 g/mol. The van der Waals surface area contributed by atoms with Crippen LogP contribution in [-0.4, -0.2) is 24.5 Å². The van der Waals surface area contributed by atoms with Crippen molar-refractivity contribution in [2.75, 3.05) is 13.6 Å². The molecular formula is C3H8NOPS2. The molecule has 0 radical (unpaired) electrons. The van der Waals surface area contributed by atoms with Crippen LogP contribution < -0.4 is 5.32 Å². The molecule has 0 heterocycles. The van der Waals surface area contributed by atoms with Gasteiger partial charge in [-0.05, 0) is 30.7 Å². The molecule has 0 aromatic heterocycles. The lowest BCUT2D eigenvalue weighted by Crippen LogP contribution is -2.18. The smallest absolute Gasteiger partial charge is 0.123 e. The number of nitrogens with one attached hydrogen (secondary N) is 1. The van der Waals surface area contributed by atoms with Gasteiger partial charge in [0, 0.05) is 12.0 Å². The minimum atomic E-state index is -1.01. The maximum atomic E-state index is 8.88. The number of hydrogen-bond donors (Lipinski definition) is 2. The molecule has 0 saturated heterocycles. The van der Waals surface area contributed by atoms with Crippen molar-refractivity contribution >= 4 is 29.1 Å². The van der Waals surface area contributed by atoms with Gasteiger partial charge >= 0.3 is 0 Å². The van der Waals surface area contributed by atoms with Gasteiger partial charge in [-0.1, -0.05) is 0 Å². The molecule has 0 aliphatic rings. The largest absolute Gasteiger partial charge is 0.382 e. The van der Waals surface area contributed by atoms with E-state index >= 15 is 0 Å². The van der Waals surface area contributed by atoms with E-state index in [1.165, 1.54) is 0 Å². The van der Waals surface area contributed by atoms with E-state index in [1.807, 2.05) is 0 Å². The topological polar surface area (TPSA) is 32.3 Å². The fraction of sp³-hybridized carbons (Fsp3) is 1.00. The number of hydrogen-bond acceptors (Lipinski definition) is 4. The SMILES string of the molecule is CNCC(O)P(=S)=S. The molecular weight excluding hydrogens is 161 g/mol. The number of aliphatic hydroxyl groups excluding tert-OH is 1. The molecule has 5 heteroatoms. The predicted molar refractivity (Wildman–Crippen MR) is 41.6 cm³/mol. The minimum absolute atomic E-state index is 0.500. The van der Waals surface area contributed by atoms with Crippen LogP contribution in [0, 0.1) is 0 Å². The quantitative estimate of drug-likeness (QED) is 0.579. The summed E-state index contributed by atoms with van der Waals surface area (Å²) in [5.41, 5.74) is -1.01. The summed E-state index contributed by atoms with van der Waals surface area (Å²) in [6.07, 6.45) is 0. The van der Waals surface area contributed by atoms with Crippen LogP contribution in [0.2, 0.25) is 0 Å². The number of likely N-dealkylation sites (N-methyl/N-ethyl adjacent to an activating group) is 1. The van der Waals surface area contributed by atoms with Crippen LogP contribution in [0.3, 0.4) is 0 Å². The summed E-state index contributed by atoms with van der Waals surface area (Å²) in [6.45, 7) is 0.513. The van der Waals surface area contributed by atoms with Gasteiger partial charge in [0.05, 0.1) is 0 Å². The molecule has 2 nitrogen and oxygen atoms in total. The Morgan fingerprint density at radius 2 is 2.25 bits per heavy atom. The normalized spacial score (nSPS) is 13.2. The van der Waals surface area contributed by atoms with Gasteiger partial charge in [0.2, 0.25) is 0 Å². The van der Waals surface area contributed by atoms with E-state index < -0.39 is 11.3 Å². The third-order valence-corrected chi connectivity index (χ3v) is 2.76. The van der Waals surface area contributed by atoms with Gasteiger partial charge in [0.15, 0.2) is 0 Å². The van der Waals surface area contributed by atoms with Crippen LogP contribution in [0.4, 0.5) is 0 Å². The van der Waals surface area contributed by atoms with Crippen LogP contribution in [0.5, 0.6) is 0 Å². The molecule has 0 bridgehead atoms. The number of aliphatic hydroxyl groups is 1. The van der Waals surface area contributed by atoms with E-state index in [2.05, 4.69) is 28.9 Å². The molecule has 0 spiro atoms. The first-order chi connectivity index (χ1) is 3.68. The summed E-state index contributed by atoms with van der Waals surface area (Å²) >= 11 is 9.31. The van der Waals surface area contributed by atoms with Crippen molar-refractivity contribution in [3.05, 3.63) is 0 Å². The Balaban J connectivity index is 3.48. The molecule has 0 aromatic carbocycles. The Hall–Kier alpha value is 0.660. The van der Waals surface area contributed by atoms with E-state index in [0.29, 0.717) is 6.54 Å². The van der Waals surface area contributed by atoms with Crippen molar-refractivity contribution in [2.45, 2.75) is 5.85 Å². The van der Waals surface area contributed by atoms with Crippen molar-refractivity contribution in [2.24, 2.45) is 0 Å². The van der Waals surface area contributed by atoms with Gasteiger partial charge in [0.25, 0.3) is 0 Å². The highest BCUT2D eigenvalue weighted by Gasteiger charge is 1.97. The first-order valence-electron chi connectivity index (χ1n) is 2.14. The Labute approximate surface area is 59.4 Å². The molecule has 0 aliphatic carbocycles. The van der Waals surface area contributed by atoms with Crippen molar-refractivity contribution in [1.29, 1.82) is 0 Å². The molecule has 0 amide bonds. The molecule has 0 aromatic rings. The molecule has 0 rings (SSSR count). The van der Waals surface area contributed by atoms with Gasteiger partial charge < -0.3 is 10.4 Å². The Bertz CT molecular complexity index is 116. The van der Waals surface area contributed by atoms with Gasteiger partial charge in [0.1, 0.15) is 5.85 Å². The summed E-state index contributed by atoms with van der Waals surface area (Å²) in [6, 6.07) is 0. The molecule has 0 aliphatic heterocycles. The highest BCUT2D eigenvalue weighted by atomic mass is 32.7. The lowest BCUT2D eigenvalue weighted by atomic mass is 10.7. The highest BCUT2D eigenvalue weighted by Crippen LogP contribution is 2.09. The molecule has 48 valence electrons. The van der Waals surface area contributed by atoms with Crippen LogP contribution in [0.1, 0.15) is 0 Å². The van der Waals surface area contributed by atoms with E-state index in [9.17, 15) is 0 Å².